The monoisotopic (exact) mass is 345 g/mol. The van der Waals surface area contributed by atoms with Gasteiger partial charge in [0.1, 0.15) is 5.69 Å². The topological polar surface area (TPSA) is 67.0 Å². The third-order valence-electron chi connectivity index (χ3n) is 4.49. The Hall–Kier alpha value is -3.01. The standard InChI is InChI=1S/C20H19N5O/c21-12-17-8-4-5-9-18(17)14-25-15-19(22-23-25)20-24(10-11-26-20)13-16-6-2-1-3-7-16/h1-9,15,20H,10-11,13-14H2. The van der Waals surface area contributed by atoms with Gasteiger partial charge < -0.3 is 4.74 Å². The predicted molar refractivity (Wildman–Crippen MR) is 95.8 cm³/mol. The molecule has 0 N–H and O–H groups in total. The molecule has 1 fully saturated rings. The highest BCUT2D eigenvalue weighted by Gasteiger charge is 2.29. The summed E-state index contributed by atoms with van der Waals surface area (Å²) < 4.78 is 7.65. The van der Waals surface area contributed by atoms with Gasteiger partial charge in [-0.1, -0.05) is 53.7 Å². The molecule has 3 aromatic rings. The maximum Gasteiger partial charge on any atom is 0.157 e. The second-order valence-corrected chi connectivity index (χ2v) is 6.29. The average Bonchev–Trinajstić information content (AvgIpc) is 3.32. The summed E-state index contributed by atoms with van der Waals surface area (Å²) in [7, 11) is 0. The Bertz CT molecular complexity index is 915. The van der Waals surface area contributed by atoms with E-state index in [1.165, 1.54) is 5.56 Å². The van der Waals surface area contributed by atoms with Gasteiger partial charge in [-0.15, -0.1) is 5.10 Å². The van der Waals surface area contributed by atoms with Gasteiger partial charge in [0.05, 0.1) is 31.0 Å². The van der Waals surface area contributed by atoms with Crippen molar-refractivity contribution in [2.24, 2.45) is 0 Å². The van der Waals surface area contributed by atoms with Gasteiger partial charge in [0.25, 0.3) is 0 Å². The number of benzene rings is 2. The Morgan fingerprint density at radius 3 is 2.73 bits per heavy atom. The highest BCUT2D eigenvalue weighted by atomic mass is 16.5. The largest absolute Gasteiger partial charge is 0.356 e. The lowest BCUT2D eigenvalue weighted by Crippen LogP contribution is -2.23. The fourth-order valence-corrected chi connectivity index (χ4v) is 3.20. The van der Waals surface area contributed by atoms with Crippen LogP contribution >= 0.6 is 0 Å². The summed E-state index contributed by atoms with van der Waals surface area (Å²) in [6.45, 7) is 2.88. The fourth-order valence-electron chi connectivity index (χ4n) is 3.20. The molecular weight excluding hydrogens is 326 g/mol. The third kappa shape index (κ3) is 3.49. The number of nitrogens with zero attached hydrogens (tertiary/aromatic N) is 5. The van der Waals surface area contributed by atoms with Gasteiger partial charge in [-0.3, -0.25) is 4.90 Å². The number of rotatable bonds is 5. The molecule has 26 heavy (non-hydrogen) atoms. The third-order valence-corrected chi connectivity index (χ3v) is 4.49. The highest BCUT2D eigenvalue weighted by molar-refractivity contribution is 5.37. The molecule has 0 amide bonds. The van der Waals surface area contributed by atoms with E-state index in [-0.39, 0.29) is 6.23 Å². The van der Waals surface area contributed by atoms with Gasteiger partial charge in [0.2, 0.25) is 0 Å². The molecule has 1 aliphatic heterocycles. The molecule has 6 heteroatoms. The number of ether oxygens (including phenoxy) is 1. The van der Waals surface area contributed by atoms with E-state index in [1.807, 2.05) is 48.7 Å². The van der Waals surface area contributed by atoms with E-state index in [2.05, 4.69) is 33.4 Å². The second kappa shape index (κ2) is 7.48. The maximum absolute atomic E-state index is 9.23. The first-order valence-electron chi connectivity index (χ1n) is 8.61. The highest BCUT2D eigenvalue weighted by Crippen LogP contribution is 2.27. The summed E-state index contributed by atoms with van der Waals surface area (Å²) >= 11 is 0. The first-order chi connectivity index (χ1) is 12.8. The van der Waals surface area contributed by atoms with Gasteiger partial charge in [0, 0.05) is 13.1 Å². The van der Waals surface area contributed by atoms with Crippen LogP contribution in [0.25, 0.3) is 0 Å². The molecule has 1 atom stereocenters. The van der Waals surface area contributed by atoms with Crippen LogP contribution in [0, 0.1) is 11.3 Å². The van der Waals surface area contributed by atoms with Crippen molar-refractivity contribution < 1.29 is 4.74 Å². The van der Waals surface area contributed by atoms with E-state index < -0.39 is 0 Å². The van der Waals surface area contributed by atoms with Crippen molar-refractivity contribution in [3.05, 3.63) is 83.2 Å². The van der Waals surface area contributed by atoms with Gasteiger partial charge in [0.15, 0.2) is 6.23 Å². The van der Waals surface area contributed by atoms with E-state index in [0.717, 1.165) is 24.3 Å². The molecule has 6 nitrogen and oxygen atoms in total. The zero-order valence-electron chi connectivity index (χ0n) is 14.3. The lowest BCUT2D eigenvalue weighted by atomic mass is 10.1. The summed E-state index contributed by atoms with van der Waals surface area (Å²) in [5, 5.41) is 17.8. The Balaban J connectivity index is 1.49. The first-order valence-corrected chi connectivity index (χ1v) is 8.61. The molecule has 0 bridgehead atoms. The van der Waals surface area contributed by atoms with Crippen LogP contribution in [0.1, 0.15) is 28.6 Å². The minimum absolute atomic E-state index is 0.185. The summed E-state index contributed by atoms with van der Waals surface area (Å²) in [5.41, 5.74) is 3.64. The van der Waals surface area contributed by atoms with E-state index in [0.29, 0.717) is 18.7 Å². The van der Waals surface area contributed by atoms with Crippen molar-refractivity contribution >= 4 is 0 Å². The molecule has 0 aliphatic carbocycles. The molecule has 0 spiro atoms. The first kappa shape index (κ1) is 16.5. The Labute approximate surface area is 152 Å². The Morgan fingerprint density at radius 1 is 1.08 bits per heavy atom. The van der Waals surface area contributed by atoms with E-state index in [4.69, 9.17) is 4.74 Å². The van der Waals surface area contributed by atoms with E-state index >= 15 is 0 Å². The molecule has 2 aromatic carbocycles. The predicted octanol–water partition coefficient (Wildman–Crippen LogP) is 2.73. The Kier molecular flexibility index (Phi) is 4.73. The molecule has 0 saturated carbocycles. The fraction of sp³-hybridized carbons (Fsp3) is 0.250. The minimum Gasteiger partial charge on any atom is -0.356 e. The Morgan fingerprint density at radius 2 is 1.88 bits per heavy atom. The number of nitriles is 1. The van der Waals surface area contributed by atoms with Crippen molar-refractivity contribution in [1.29, 1.82) is 5.26 Å². The van der Waals surface area contributed by atoms with Gasteiger partial charge >= 0.3 is 0 Å². The lowest BCUT2D eigenvalue weighted by Gasteiger charge is -2.20. The summed E-state index contributed by atoms with van der Waals surface area (Å²) in [5.74, 6) is 0. The summed E-state index contributed by atoms with van der Waals surface area (Å²) in [6.07, 6.45) is 1.72. The molecule has 4 rings (SSSR count). The number of hydrogen-bond acceptors (Lipinski definition) is 5. The molecule has 1 aromatic heterocycles. The normalized spacial score (nSPS) is 17.3. The van der Waals surface area contributed by atoms with Crippen LogP contribution in [0.2, 0.25) is 0 Å². The van der Waals surface area contributed by atoms with Crippen molar-refractivity contribution in [2.75, 3.05) is 13.2 Å². The molecule has 2 heterocycles. The van der Waals surface area contributed by atoms with Crippen molar-refractivity contribution in [1.82, 2.24) is 19.9 Å². The lowest BCUT2D eigenvalue weighted by molar-refractivity contribution is 0.0252. The van der Waals surface area contributed by atoms with Crippen LogP contribution in [0.3, 0.4) is 0 Å². The SMILES string of the molecule is N#Cc1ccccc1Cn1cc(C2OCCN2Cc2ccccc2)nn1. The molecule has 1 aliphatic rings. The molecule has 1 unspecified atom stereocenters. The van der Waals surface area contributed by atoms with Crippen LogP contribution in [-0.4, -0.2) is 33.0 Å². The average molecular weight is 345 g/mol. The molecule has 1 saturated heterocycles. The number of hydrogen-bond donors (Lipinski definition) is 0. The van der Waals surface area contributed by atoms with Crippen LogP contribution in [0.4, 0.5) is 0 Å². The maximum atomic E-state index is 9.23. The second-order valence-electron chi connectivity index (χ2n) is 6.29. The molecule has 130 valence electrons. The van der Waals surface area contributed by atoms with Gasteiger partial charge in [-0.2, -0.15) is 5.26 Å². The van der Waals surface area contributed by atoms with Crippen molar-refractivity contribution in [3.63, 3.8) is 0 Å². The van der Waals surface area contributed by atoms with Gasteiger partial charge in [-0.25, -0.2) is 4.68 Å². The van der Waals surface area contributed by atoms with E-state index in [9.17, 15) is 5.26 Å². The van der Waals surface area contributed by atoms with Crippen LogP contribution in [0.15, 0.2) is 60.8 Å². The number of aromatic nitrogens is 3. The zero-order valence-corrected chi connectivity index (χ0v) is 14.3. The van der Waals surface area contributed by atoms with Gasteiger partial charge in [-0.05, 0) is 17.2 Å². The van der Waals surface area contributed by atoms with Crippen LogP contribution in [0.5, 0.6) is 0 Å². The smallest absolute Gasteiger partial charge is 0.157 e. The minimum atomic E-state index is -0.185. The van der Waals surface area contributed by atoms with Crippen LogP contribution < -0.4 is 0 Å². The summed E-state index contributed by atoms with van der Waals surface area (Å²) in [6, 6.07) is 20.1. The molecule has 0 radical (unpaired) electrons. The zero-order chi connectivity index (χ0) is 17.8. The van der Waals surface area contributed by atoms with Crippen molar-refractivity contribution in [3.8, 4) is 6.07 Å². The van der Waals surface area contributed by atoms with Crippen molar-refractivity contribution in [2.45, 2.75) is 19.3 Å². The molecular formula is C20H19N5O. The summed E-state index contributed by atoms with van der Waals surface area (Å²) in [4.78, 5) is 2.26. The van der Waals surface area contributed by atoms with E-state index in [1.54, 1.807) is 4.68 Å². The van der Waals surface area contributed by atoms with Crippen LogP contribution in [-0.2, 0) is 17.8 Å². The quantitative estimate of drug-likeness (QED) is 0.711.